The van der Waals surface area contributed by atoms with E-state index in [9.17, 15) is 9.59 Å². The minimum atomic E-state index is -2.00. The van der Waals surface area contributed by atoms with Crippen LogP contribution in [0.1, 0.15) is 50.3 Å². The van der Waals surface area contributed by atoms with E-state index >= 15 is 0 Å². The first-order chi connectivity index (χ1) is 16.8. The van der Waals surface area contributed by atoms with Crippen LogP contribution in [0.2, 0.25) is 18.1 Å². The molecule has 0 aliphatic carbocycles. The first-order valence-electron chi connectivity index (χ1n) is 12.2. The second kappa shape index (κ2) is 9.23. The number of imide groups is 1. The number of hydrogen-bond acceptors (Lipinski definition) is 6. The number of anilines is 1. The summed E-state index contributed by atoms with van der Waals surface area (Å²) in [6.07, 6.45) is 3.24. The summed E-state index contributed by atoms with van der Waals surface area (Å²) in [5, 5.41) is 8.40. The fourth-order valence-corrected chi connectivity index (χ4v) is 4.97. The number of carbonyl (C=O) groups is 2. The minimum absolute atomic E-state index is 0.0747. The lowest BCUT2D eigenvalue weighted by atomic mass is 10.2. The van der Waals surface area contributed by atoms with Crippen molar-refractivity contribution < 1.29 is 18.5 Å². The third kappa shape index (κ3) is 4.82. The van der Waals surface area contributed by atoms with Crippen molar-refractivity contribution in [3.8, 4) is 5.75 Å². The first kappa shape index (κ1) is 25.7. The van der Waals surface area contributed by atoms with Gasteiger partial charge in [-0.15, -0.1) is 0 Å². The van der Waals surface area contributed by atoms with Gasteiger partial charge >= 0.3 is 6.03 Å². The van der Waals surface area contributed by atoms with Crippen LogP contribution in [-0.4, -0.2) is 46.1 Å². The molecule has 1 aromatic carbocycles. The Morgan fingerprint density at radius 1 is 1.14 bits per heavy atom. The Labute approximate surface area is 213 Å². The van der Waals surface area contributed by atoms with E-state index in [4.69, 9.17) is 8.95 Å². The molecule has 2 aromatic heterocycles. The Kier molecular flexibility index (Phi) is 6.59. The number of urea groups is 1. The van der Waals surface area contributed by atoms with E-state index in [2.05, 4.69) is 44.1 Å². The molecule has 9 nitrogen and oxygen atoms in total. The maximum absolute atomic E-state index is 13.4. The van der Waals surface area contributed by atoms with Gasteiger partial charge in [-0.25, -0.2) is 9.69 Å². The number of amides is 3. The van der Waals surface area contributed by atoms with Crippen molar-refractivity contribution in [1.29, 1.82) is 0 Å². The fraction of sp³-hybridized carbons (Fsp3) is 0.462. The summed E-state index contributed by atoms with van der Waals surface area (Å²) in [6.45, 7) is 17.2. The summed E-state index contributed by atoms with van der Waals surface area (Å²) >= 11 is 0. The van der Waals surface area contributed by atoms with Crippen LogP contribution in [-0.2, 0) is 17.9 Å². The maximum Gasteiger partial charge on any atom is 0.332 e. The van der Waals surface area contributed by atoms with Crippen molar-refractivity contribution in [2.75, 3.05) is 4.90 Å². The lowest BCUT2D eigenvalue weighted by Gasteiger charge is -2.36. The molecule has 0 bridgehead atoms. The highest BCUT2D eigenvalue weighted by Gasteiger charge is 2.44. The molecule has 0 radical (unpaired) electrons. The van der Waals surface area contributed by atoms with Gasteiger partial charge in [0.25, 0.3) is 5.91 Å². The minimum Gasteiger partial charge on any atom is -0.543 e. The molecule has 192 valence electrons. The highest BCUT2D eigenvalue weighted by Crippen LogP contribution is 2.37. The molecular formula is C26H35N5O4Si. The average Bonchev–Trinajstić information content (AvgIpc) is 3.43. The maximum atomic E-state index is 13.4. The smallest absolute Gasteiger partial charge is 0.332 e. The predicted octanol–water partition coefficient (Wildman–Crippen LogP) is 5.28. The number of benzene rings is 1. The van der Waals surface area contributed by atoms with Gasteiger partial charge < -0.3 is 13.8 Å². The van der Waals surface area contributed by atoms with E-state index in [1.165, 1.54) is 11.1 Å². The molecule has 1 atom stereocenters. The molecule has 3 aromatic rings. The van der Waals surface area contributed by atoms with Gasteiger partial charge in [-0.1, -0.05) is 38.1 Å². The third-order valence-corrected chi connectivity index (χ3v) is 11.7. The summed E-state index contributed by atoms with van der Waals surface area (Å²) in [4.78, 5) is 29.2. The Hall–Kier alpha value is -3.40. The van der Waals surface area contributed by atoms with E-state index in [0.717, 1.165) is 28.3 Å². The average molecular weight is 510 g/mol. The van der Waals surface area contributed by atoms with Crippen molar-refractivity contribution >= 4 is 25.9 Å². The van der Waals surface area contributed by atoms with Crippen LogP contribution < -0.4 is 9.33 Å². The summed E-state index contributed by atoms with van der Waals surface area (Å²) in [5.74, 6) is 1.24. The third-order valence-electron chi connectivity index (χ3n) is 7.29. The predicted molar refractivity (Wildman–Crippen MR) is 139 cm³/mol. The SMILES string of the molecule is Cc1noc(C)c1Cn1cc(N2C(=O)[C@@H](C)N(Cc3cccc(O[Si](C)(C)C(C)(C)C)c3)C2=O)cn1. The van der Waals surface area contributed by atoms with Gasteiger partial charge in [0, 0.05) is 18.3 Å². The van der Waals surface area contributed by atoms with Crippen LogP contribution in [0.5, 0.6) is 5.75 Å². The Morgan fingerprint density at radius 3 is 2.50 bits per heavy atom. The van der Waals surface area contributed by atoms with E-state index in [-0.39, 0.29) is 17.0 Å². The number of aromatic nitrogens is 3. The van der Waals surface area contributed by atoms with Gasteiger partial charge in [-0.2, -0.15) is 5.10 Å². The lowest BCUT2D eigenvalue weighted by Crippen LogP contribution is -2.43. The molecular weight excluding hydrogens is 474 g/mol. The highest BCUT2D eigenvalue weighted by molar-refractivity contribution is 6.74. The van der Waals surface area contributed by atoms with Gasteiger partial charge in [-0.05, 0) is 56.6 Å². The van der Waals surface area contributed by atoms with Gasteiger partial charge in [-0.3, -0.25) is 9.48 Å². The summed E-state index contributed by atoms with van der Waals surface area (Å²) in [6, 6.07) is 6.85. The molecule has 3 amide bonds. The zero-order chi connectivity index (χ0) is 26.4. The van der Waals surface area contributed by atoms with Crippen molar-refractivity contribution in [2.24, 2.45) is 0 Å². The fourth-order valence-electron chi connectivity index (χ4n) is 3.95. The number of carbonyl (C=O) groups excluding carboxylic acids is 2. The van der Waals surface area contributed by atoms with Gasteiger partial charge in [0.05, 0.1) is 24.1 Å². The molecule has 3 heterocycles. The van der Waals surface area contributed by atoms with E-state index in [1.807, 2.05) is 38.1 Å². The Morgan fingerprint density at radius 2 is 1.86 bits per heavy atom. The molecule has 0 spiro atoms. The first-order valence-corrected chi connectivity index (χ1v) is 15.1. The summed E-state index contributed by atoms with van der Waals surface area (Å²) < 4.78 is 13.3. The summed E-state index contributed by atoms with van der Waals surface area (Å²) in [5.41, 5.74) is 3.08. The van der Waals surface area contributed by atoms with Crippen molar-refractivity contribution in [3.05, 3.63) is 59.2 Å². The van der Waals surface area contributed by atoms with Gasteiger partial charge in [0.2, 0.25) is 8.32 Å². The molecule has 0 saturated carbocycles. The van der Waals surface area contributed by atoms with Crippen LogP contribution in [0.25, 0.3) is 0 Å². The Balaban J connectivity index is 1.50. The normalized spacial score (nSPS) is 16.8. The number of rotatable bonds is 7. The number of nitrogens with zero attached hydrogens (tertiary/aromatic N) is 5. The molecule has 1 fully saturated rings. The van der Waals surface area contributed by atoms with Crippen LogP contribution in [0.15, 0.2) is 41.2 Å². The molecule has 36 heavy (non-hydrogen) atoms. The van der Waals surface area contributed by atoms with Crippen LogP contribution >= 0.6 is 0 Å². The molecule has 1 saturated heterocycles. The number of hydrogen-bond donors (Lipinski definition) is 0. The second-order valence-corrected chi connectivity index (χ2v) is 15.7. The Bertz CT molecular complexity index is 1270. The molecule has 0 N–H and O–H groups in total. The molecule has 1 aliphatic rings. The summed E-state index contributed by atoms with van der Waals surface area (Å²) in [7, 11) is -2.00. The molecule has 0 unspecified atom stereocenters. The van der Waals surface area contributed by atoms with E-state index < -0.39 is 14.4 Å². The highest BCUT2D eigenvalue weighted by atomic mass is 28.4. The van der Waals surface area contributed by atoms with E-state index in [1.54, 1.807) is 22.7 Å². The van der Waals surface area contributed by atoms with Gasteiger partial charge in [0.15, 0.2) is 0 Å². The monoisotopic (exact) mass is 509 g/mol. The van der Waals surface area contributed by atoms with Crippen molar-refractivity contribution in [3.63, 3.8) is 0 Å². The largest absolute Gasteiger partial charge is 0.543 e. The number of aryl methyl sites for hydroxylation is 2. The van der Waals surface area contributed by atoms with Crippen LogP contribution in [0.3, 0.4) is 0 Å². The quantitative estimate of drug-likeness (QED) is 0.318. The lowest BCUT2D eigenvalue weighted by molar-refractivity contribution is -0.119. The topological polar surface area (TPSA) is 93.7 Å². The van der Waals surface area contributed by atoms with Gasteiger partial charge in [0.1, 0.15) is 17.6 Å². The van der Waals surface area contributed by atoms with E-state index in [0.29, 0.717) is 18.8 Å². The van der Waals surface area contributed by atoms with Crippen LogP contribution in [0, 0.1) is 13.8 Å². The van der Waals surface area contributed by atoms with Crippen LogP contribution in [0.4, 0.5) is 10.5 Å². The standard InChI is InChI=1S/C26H35N5O4Si/c1-17-23(19(3)34-28-17)16-29-15-21(13-27-29)31-24(32)18(2)30(25(31)33)14-20-10-9-11-22(12-20)35-36(7,8)26(4,5)6/h9-13,15,18H,14,16H2,1-8H3/t18-/m1/s1. The van der Waals surface area contributed by atoms with Crippen molar-refractivity contribution in [1.82, 2.24) is 19.8 Å². The van der Waals surface area contributed by atoms with Crippen molar-refractivity contribution in [2.45, 2.75) is 78.8 Å². The molecule has 4 rings (SSSR count). The second-order valence-electron chi connectivity index (χ2n) is 11.0. The molecule has 1 aliphatic heterocycles. The zero-order valence-electron chi connectivity index (χ0n) is 22.3. The molecule has 10 heteroatoms. The zero-order valence-corrected chi connectivity index (χ0v) is 23.3.